The maximum atomic E-state index is 11.5. The Balaban J connectivity index is 2.36. The molecule has 4 heteroatoms. The number of amides is 1. The van der Waals surface area contributed by atoms with Crippen LogP contribution in [0, 0.1) is 0 Å². The number of halogens is 2. The largest absolute Gasteiger partial charge is 0.311 e. The number of benzene rings is 1. The zero-order valence-corrected chi connectivity index (χ0v) is 9.81. The first-order valence-electron chi connectivity index (χ1n) is 4.44. The van der Waals surface area contributed by atoms with Crippen molar-refractivity contribution in [3.05, 3.63) is 27.7 Å². The lowest BCUT2D eigenvalue weighted by molar-refractivity contribution is -0.117. The fraction of sp³-hybridized carbons (Fsp3) is 0.300. The van der Waals surface area contributed by atoms with E-state index in [2.05, 4.69) is 15.9 Å². The summed E-state index contributed by atoms with van der Waals surface area (Å²) in [4.78, 5) is 13.2. The number of carbonyl (C=O) groups is 1. The molecule has 1 heterocycles. The molecule has 1 aliphatic rings. The first-order valence-corrected chi connectivity index (χ1v) is 5.61. The van der Waals surface area contributed by atoms with E-state index in [1.165, 1.54) is 0 Å². The Kier molecular flexibility index (Phi) is 2.79. The maximum absolute atomic E-state index is 11.5. The van der Waals surface area contributed by atoms with Crippen molar-refractivity contribution in [2.24, 2.45) is 0 Å². The molecule has 0 aliphatic carbocycles. The van der Waals surface area contributed by atoms with Crippen LogP contribution in [-0.2, 0) is 4.79 Å². The van der Waals surface area contributed by atoms with Crippen LogP contribution in [0.25, 0.3) is 0 Å². The van der Waals surface area contributed by atoms with Crippen molar-refractivity contribution in [3.8, 4) is 0 Å². The van der Waals surface area contributed by atoms with Crippen molar-refractivity contribution >= 4 is 39.1 Å². The van der Waals surface area contributed by atoms with E-state index >= 15 is 0 Å². The molecular weight excluding hydrogens is 265 g/mol. The second-order valence-electron chi connectivity index (χ2n) is 3.24. The zero-order valence-electron chi connectivity index (χ0n) is 7.46. The van der Waals surface area contributed by atoms with Crippen LogP contribution in [-0.4, -0.2) is 12.5 Å². The molecule has 74 valence electrons. The molecule has 2 nitrogen and oxygen atoms in total. The molecule has 0 radical (unpaired) electrons. The van der Waals surface area contributed by atoms with Crippen molar-refractivity contribution < 1.29 is 4.79 Å². The third-order valence-electron chi connectivity index (χ3n) is 2.27. The fourth-order valence-corrected chi connectivity index (χ4v) is 2.38. The van der Waals surface area contributed by atoms with Gasteiger partial charge in [0.05, 0.1) is 10.7 Å². The van der Waals surface area contributed by atoms with Gasteiger partial charge in [-0.3, -0.25) is 4.79 Å². The smallest absolute Gasteiger partial charge is 0.227 e. The second-order valence-corrected chi connectivity index (χ2v) is 4.57. The fourth-order valence-electron chi connectivity index (χ4n) is 1.60. The van der Waals surface area contributed by atoms with E-state index in [0.717, 1.165) is 23.1 Å². The summed E-state index contributed by atoms with van der Waals surface area (Å²) in [6.45, 7) is 0.778. The van der Waals surface area contributed by atoms with Gasteiger partial charge in [0.25, 0.3) is 0 Å². The van der Waals surface area contributed by atoms with Gasteiger partial charge in [-0.05, 0) is 24.6 Å². The molecule has 0 bridgehead atoms. The Morgan fingerprint density at radius 3 is 2.79 bits per heavy atom. The number of hydrogen-bond acceptors (Lipinski definition) is 1. The van der Waals surface area contributed by atoms with Gasteiger partial charge in [0.1, 0.15) is 0 Å². The lowest BCUT2D eigenvalue weighted by Gasteiger charge is -2.17. The SMILES string of the molecule is O=C1CCCN1c1ccc(Br)cc1Cl. The van der Waals surface area contributed by atoms with Crippen molar-refractivity contribution in [2.45, 2.75) is 12.8 Å². The standard InChI is InChI=1S/C10H9BrClNO/c11-7-3-4-9(8(12)6-7)13-5-1-2-10(13)14/h3-4,6H,1-2,5H2. The Morgan fingerprint density at radius 1 is 1.43 bits per heavy atom. The summed E-state index contributed by atoms with van der Waals surface area (Å²) in [5, 5.41) is 0.620. The first-order chi connectivity index (χ1) is 6.68. The zero-order chi connectivity index (χ0) is 10.1. The summed E-state index contributed by atoms with van der Waals surface area (Å²) in [7, 11) is 0. The molecular formula is C10H9BrClNO. The average Bonchev–Trinajstić information content (AvgIpc) is 2.52. The highest BCUT2D eigenvalue weighted by Crippen LogP contribution is 2.31. The van der Waals surface area contributed by atoms with Crippen LogP contribution in [0.1, 0.15) is 12.8 Å². The molecule has 0 N–H and O–H groups in total. The quantitative estimate of drug-likeness (QED) is 0.770. The predicted octanol–water partition coefficient (Wildman–Crippen LogP) is 3.23. The highest BCUT2D eigenvalue weighted by atomic mass is 79.9. The van der Waals surface area contributed by atoms with Gasteiger partial charge < -0.3 is 4.90 Å². The molecule has 0 atom stereocenters. The summed E-state index contributed by atoms with van der Waals surface area (Å²) in [5.41, 5.74) is 0.817. The summed E-state index contributed by atoms with van der Waals surface area (Å²) in [6.07, 6.45) is 1.55. The third kappa shape index (κ3) is 1.79. The molecule has 1 aromatic rings. The Morgan fingerprint density at radius 2 is 2.21 bits per heavy atom. The lowest BCUT2D eigenvalue weighted by Crippen LogP contribution is -2.23. The van der Waals surface area contributed by atoms with Crippen molar-refractivity contribution in [1.82, 2.24) is 0 Å². The maximum Gasteiger partial charge on any atom is 0.227 e. The average molecular weight is 275 g/mol. The van der Waals surface area contributed by atoms with Gasteiger partial charge in [-0.25, -0.2) is 0 Å². The summed E-state index contributed by atoms with van der Waals surface area (Å²) in [6, 6.07) is 5.57. The Labute approximate surface area is 96.0 Å². The number of hydrogen-bond donors (Lipinski definition) is 0. The van der Waals surface area contributed by atoms with Crippen LogP contribution in [0.2, 0.25) is 5.02 Å². The molecule has 0 saturated carbocycles. The van der Waals surface area contributed by atoms with Crippen LogP contribution in [0.15, 0.2) is 22.7 Å². The molecule has 0 aromatic heterocycles. The molecule has 1 aromatic carbocycles. The van der Waals surface area contributed by atoms with Crippen LogP contribution in [0.3, 0.4) is 0 Å². The number of carbonyl (C=O) groups excluding carboxylic acids is 1. The van der Waals surface area contributed by atoms with Crippen LogP contribution < -0.4 is 4.90 Å². The summed E-state index contributed by atoms with van der Waals surface area (Å²) < 4.78 is 0.929. The topological polar surface area (TPSA) is 20.3 Å². The number of anilines is 1. The molecule has 0 spiro atoms. The molecule has 1 fully saturated rings. The lowest BCUT2D eigenvalue weighted by atomic mass is 10.3. The monoisotopic (exact) mass is 273 g/mol. The minimum absolute atomic E-state index is 0.161. The van der Waals surface area contributed by atoms with Gasteiger partial charge >= 0.3 is 0 Å². The van der Waals surface area contributed by atoms with E-state index in [1.807, 2.05) is 18.2 Å². The highest BCUT2D eigenvalue weighted by Gasteiger charge is 2.23. The molecule has 1 saturated heterocycles. The van der Waals surface area contributed by atoms with Crippen molar-refractivity contribution in [2.75, 3.05) is 11.4 Å². The molecule has 1 amide bonds. The predicted molar refractivity (Wildman–Crippen MR) is 60.7 cm³/mol. The van der Waals surface area contributed by atoms with E-state index < -0.39 is 0 Å². The van der Waals surface area contributed by atoms with Crippen LogP contribution in [0.5, 0.6) is 0 Å². The normalized spacial score (nSPS) is 16.4. The Hall–Kier alpha value is -0.540. The number of rotatable bonds is 1. The molecule has 0 unspecified atom stereocenters. The van der Waals surface area contributed by atoms with Crippen molar-refractivity contribution in [1.29, 1.82) is 0 Å². The van der Waals surface area contributed by atoms with E-state index in [0.29, 0.717) is 11.4 Å². The van der Waals surface area contributed by atoms with E-state index in [9.17, 15) is 4.79 Å². The van der Waals surface area contributed by atoms with Crippen LogP contribution >= 0.6 is 27.5 Å². The van der Waals surface area contributed by atoms with E-state index in [1.54, 1.807) is 4.90 Å². The van der Waals surface area contributed by atoms with Gasteiger partial charge in [-0.15, -0.1) is 0 Å². The first kappa shape index (κ1) is 9.99. The van der Waals surface area contributed by atoms with Gasteiger partial charge in [-0.2, -0.15) is 0 Å². The minimum Gasteiger partial charge on any atom is -0.311 e. The van der Waals surface area contributed by atoms with E-state index in [4.69, 9.17) is 11.6 Å². The second kappa shape index (κ2) is 3.91. The van der Waals surface area contributed by atoms with Gasteiger partial charge in [0, 0.05) is 17.4 Å². The van der Waals surface area contributed by atoms with Gasteiger partial charge in [0.15, 0.2) is 0 Å². The highest BCUT2D eigenvalue weighted by molar-refractivity contribution is 9.10. The molecule has 1 aliphatic heterocycles. The molecule has 14 heavy (non-hydrogen) atoms. The van der Waals surface area contributed by atoms with E-state index in [-0.39, 0.29) is 5.91 Å². The van der Waals surface area contributed by atoms with Crippen LogP contribution in [0.4, 0.5) is 5.69 Å². The van der Waals surface area contributed by atoms with Gasteiger partial charge in [0.2, 0.25) is 5.91 Å². The third-order valence-corrected chi connectivity index (χ3v) is 3.07. The summed E-state index contributed by atoms with van der Waals surface area (Å²) in [5.74, 6) is 0.161. The van der Waals surface area contributed by atoms with Gasteiger partial charge in [-0.1, -0.05) is 27.5 Å². The van der Waals surface area contributed by atoms with Crippen molar-refractivity contribution in [3.63, 3.8) is 0 Å². The number of nitrogens with zero attached hydrogens (tertiary/aromatic N) is 1. The minimum atomic E-state index is 0.161. The Bertz CT molecular complexity index is 380. The summed E-state index contributed by atoms with van der Waals surface area (Å²) >= 11 is 9.38. The molecule has 2 rings (SSSR count).